The van der Waals surface area contributed by atoms with Crippen LogP contribution in [0.25, 0.3) is 0 Å². The number of nitrogens with one attached hydrogen (secondary N) is 2. The lowest BCUT2D eigenvalue weighted by atomic mass is 10.1. The summed E-state index contributed by atoms with van der Waals surface area (Å²) in [7, 11) is 1.77. The van der Waals surface area contributed by atoms with Crippen molar-refractivity contribution in [1.29, 1.82) is 0 Å². The minimum absolute atomic E-state index is 0.584. The van der Waals surface area contributed by atoms with Crippen molar-refractivity contribution < 1.29 is 4.74 Å². The van der Waals surface area contributed by atoms with Crippen LogP contribution in [0.3, 0.4) is 0 Å². The van der Waals surface area contributed by atoms with Gasteiger partial charge in [0.1, 0.15) is 0 Å². The van der Waals surface area contributed by atoms with Crippen LogP contribution in [-0.4, -0.2) is 38.9 Å². The minimum atomic E-state index is 0.584. The van der Waals surface area contributed by atoms with Gasteiger partial charge in [0.05, 0.1) is 0 Å². The summed E-state index contributed by atoms with van der Waals surface area (Å²) in [6.07, 6.45) is 3.94. The lowest BCUT2D eigenvalue weighted by molar-refractivity contribution is 0.155. The maximum absolute atomic E-state index is 5.11. The van der Waals surface area contributed by atoms with E-state index in [9.17, 15) is 0 Å². The fourth-order valence-corrected chi connectivity index (χ4v) is 1.65. The van der Waals surface area contributed by atoms with Crippen LogP contribution in [0.5, 0.6) is 0 Å². The number of hydrogen-bond acceptors (Lipinski definition) is 3. The summed E-state index contributed by atoms with van der Waals surface area (Å²) in [6.45, 7) is 7.55. The predicted octanol–water partition coefficient (Wildman–Crippen LogP) is 1.39. The molecule has 0 aromatic carbocycles. The Balaban J connectivity index is 1.88. The van der Waals surface area contributed by atoms with E-state index in [-0.39, 0.29) is 0 Å². The molecule has 0 spiro atoms. The lowest BCUT2D eigenvalue weighted by Gasteiger charge is -2.16. The number of ether oxygens (including phenoxy) is 1. The first-order valence-electron chi connectivity index (χ1n) is 6.18. The topological polar surface area (TPSA) is 33.3 Å². The SMILES string of the molecule is COCC(C)CCNC(C)CNC1CC1. The van der Waals surface area contributed by atoms with Gasteiger partial charge in [0, 0.05) is 32.3 Å². The predicted molar refractivity (Wildman–Crippen MR) is 64.1 cm³/mol. The quantitative estimate of drug-likeness (QED) is 0.608. The van der Waals surface area contributed by atoms with Gasteiger partial charge in [-0.05, 0) is 38.6 Å². The maximum atomic E-state index is 5.11. The molecule has 0 heterocycles. The molecule has 0 radical (unpaired) electrons. The van der Waals surface area contributed by atoms with Crippen LogP contribution in [0.2, 0.25) is 0 Å². The Morgan fingerprint density at radius 1 is 1.33 bits per heavy atom. The van der Waals surface area contributed by atoms with Gasteiger partial charge in [-0.25, -0.2) is 0 Å². The van der Waals surface area contributed by atoms with Crippen LogP contribution in [0, 0.1) is 5.92 Å². The molecule has 3 nitrogen and oxygen atoms in total. The van der Waals surface area contributed by atoms with Crippen LogP contribution in [0.4, 0.5) is 0 Å². The summed E-state index contributed by atoms with van der Waals surface area (Å²) in [5.41, 5.74) is 0. The van der Waals surface area contributed by atoms with Crippen molar-refractivity contribution in [2.45, 2.75) is 45.2 Å². The van der Waals surface area contributed by atoms with Gasteiger partial charge < -0.3 is 15.4 Å². The van der Waals surface area contributed by atoms with Crippen LogP contribution in [0.1, 0.15) is 33.1 Å². The summed E-state index contributed by atoms with van der Waals surface area (Å²) in [5, 5.41) is 7.07. The van der Waals surface area contributed by atoms with E-state index < -0.39 is 0 Å². The van der Waals surface area contributed by atoms with Gasteiger partial charge in [0.2, 0.25) is 0 Å². The van der Waals surface area contributed by atoms with Gasteiger partial charge >= 0.3 is 0 Å². The van der Waals surface area contributed by atoms with Crippen LogP contribution in [0.15, 0.2) is 0 Å². The van der Waals surface area contributed by atoms with E-state index >= 15 is 0 Å². The zero-order chi connectivity index (χ0) is 11.1. The highest BCUT2D eigenvalue weighted by Gasteiger charge is 2.20. The zero-order valence-electron chi connectivity index (χ0n) is 10.4. The molecule has 0 aromatic heterocycles. The molecule has 1 fully saturated rings. The van der Waals surface area contributed by atoms with Crippen molar-refractivity contribution in [2.75, 3.05) is 26.8 Å². The third-order valence-electron chi connectivity index (χ3n) is 2.87. The van der Waals surface area contributed by atoms with Crippen LogP contribution in [-0.2, 0) is 4.74 Å². The Hall–Kier alpha value is -0.120. The zero-order valence-corrected chi connectivity index (χ0v) is 10.4. The second-order valence-electron chi connectivity index (χ2n) is 4.89. The average Bonchev–Trinajstić information content (AvgIpc) is 2.98. The largest absolute Gasteiger partial charge is 0.384 e. The smallest absolute Gasteiger partial charge is 0.0488 e. The molecule has 0 bridgehead atoms. The first kappa shape index (κ1) is 12.9. The van der Waals surface area contributed by atoms with Gasteiger partial charge in [-0.3, -0.25) is 0 Å². The summed E-state index contributed by atoms with van der Waals surface area (Å²) in [6, 6.07) is 1.40. The Morgan fingerprint density at radius 2 is 2.07 bits per heavy atom. The third kappa shape index (κ3) is 6.88. The van der Waals surface area contributed by atoms with Gasteiger partial charge in [0.15, 0.2) is 0 Å². The molecule has 0 saturated heterocycles. The van der Waals surface area contributed by atoms with Gasteiger partial charge in [-0.15, -0.1) is 0 Å². The highest BCUT2D eigenvalue weighted by atomic mass is 16.5. The second kappa shape index (κ2) is 7.20. The molecule has 2 unspecified atom stereocenters. The van der Waals surface area contributed by atoms with E-state index in [1.807, 2.05) is 0 Å². The minimum Gasteiger partial charge on any atom is -0.384 e. The molecule has 1 aliphatic carbocycles. The number of methoxy groups -OCH3 is 1. The van der Waals surface area contributed by atoms with Crippen molar-refractivity contribution >= 4 is 0 Å². The third-order valence-corrected chi connectivity index (χ3v) is 2.87. The van der Waals surface area contributed by atoms with E-state index in [1.54, 1.807) is 7.11 Å². The molecule has 1 saturated carbocycles. The molecule has 3 heteroatoms. The lowest BCUT2D eigenvalue weighted by Crippen LogP contribution is -2.38. The molecule has 2 atom stereocenters. The molecule has 90 valence electrons. The Bertz CT molecular complexity index is 160. The molecule has 0 aromatic rings. The Labute approximate surface area is 94.0 Å². The molecule has 2 N–H and O–H groups in total. The number of hydrogen-bond donors (Lipinski definition) is 2. The van der Waals surface area contributed by atoms with E-state index in [4.69, 9.17) is 4.74 Å². The van der Waals surface area contributed by atoms with E-state index in [2.05, 4.69) is 24.5 Å². The van der Waals surface area contributed by atoms with Gasteiger partial charge in [-0.1, -0.05) is 6.92 Å². The Morgan fingerprint density at radius 3 is 2.67 bits per heavy atom. The molecule has 15 heavy (non-hydrogen) atoms. The summed E-state index contributed by atoms with van der Waals surface area (Å²) in [4.78, 5) is 0. The van der Waals surface area contributed by atoms with Gasteiger partial charge in [-0.2, -0.15) is 0 Å². The molecular weight excluding hydrogens is 188 g/mol. The summed E-state index contributed by atoms with van der Waals surface area (Å²) < 4.78 is 5.11. The summed E-state index contributed by atoms with van der Waals surface area (Å²) in [5.74, 6) is 0.658. The Kier molecular flexibility index (Phi) is 6.22. The molecule has 1 rings (SSSR count). The molecule has 0 amide bonds. The van der Waals surface area contributed by atoms with Crippen LogP contribution >= 0.6 is 0 Å². The highest BCUT2D eigenvalue weighted by molar-refractivity contribution is 4.82. The highest BCUT2D eigenvalue weighted by Crippen LogP contribution is 2.18. The number of rotatable bonds is 9. The first-order valence-corrected chi connectivity index (χ1v) is 6.18. The fraction of sp³-hybridized carbons (Fsp3) is 1.00. The van der Waals surface area contributed by atoms with Crippen molar-refractivity contribution in [2.24, 2.45) is 5.92 Å². The van der Waals surface area contributed by atoms with Crippen LogP contribution < -0.4 is 10.6 Å². The van der Waals surface area contributed by atoms with Gasteiger partial charge in [0.25, 0.3) is 0 Å². The van der Waals surface area contributed by atoms with Crippen molar-refractivity contribution in [3.05, 3.63) is 0 Å². The van der Waals surface area contributed by atoms with Crippen molar-refractivity contribution in [1.82, 2.24) is 10.6 Å². The molecular formula is C12H26N2O. The first-order chi connectivity index (χ1) is 7.22. The van der Waals surface area contributed by atoms with E-state index in [0.717, 1.165) is 25.7 Å². The van der Waals surface area contributed by atoms with Crippen molar-refractivity contribution in [3.8, 4) is 0 Å². The molecule has 0 aliphatic heterocycles. The molecule has 1 aliphatic rings. The van der Waals surface area contributed by atoms with E-state index in [1.165, 1.54) is 19.3 Å². The monoisotopic (exact) mass is 214 g/mol. The fourth-order valence-electron chi connectivity index (χ4n) is 1.65. The maximum Gasteiger partial charge on any atom is 0.0488 e. The average molecular weight is 214 g/mol. The standard InChI is InChI=1S/C12H26N2O/c1-10(9-15-3)6-7-13-11(2)8-14-12-4-5-12/h10-14H,4-9H2,1-3H3. The normalized spacial score (nSPS) is 20.2. The van der Waals surface area contributed by atoms with E-state index in [0.29, 0.717) is 12.0 Å². The second-order valence-corrected chi connectivity index (χ2v) is 4.89. The summed E-state index contributed by atoms with van der Waals surface area (Å²) >= 11 is 0. The van der Waals surface area contributed by atoms with Crippen molar-refractivity contribution in [3.63, 3.8) is 0 Å².